The Morgan fingerprint density at radius 3 is 2.89 bits per heavy atom. The molecular weight excluding hydrogens is 373 g/mol. The van der Waals surface area contributed by atoms with E-state index in [1.54, 1.807) is 10.9 Å². The van der Waals surface area contributed by atoms with Crippen molar-refractivity contribution in [2.45, 2.75) is 24.9 Å². The summed E-state index contributed by atoms with van der Waals surface area (Å²) in [5.74, 6) is 0.583. The van der Waals surface area contributed by atoms with Crippen molar-refractivity contribution in [3.8, 4) is 0 Å². The molecule has 0 amide bonds. The Morgan fingerprint density at radius 2 is 2.04 bits per heavy atom. The van der Waals surface area contributed by atoms with E-state index in [0.717, 1.165) is 5.69 Å². The highest BCUT2D eigenvalue weighted by atomic mass is 31.2. The lowest BCUT2D eigenvalue weighted by Gasteiger charge is -2.26. The Bertz CT molecular complexity index is 1030. The van der Waals surface area contributed by atoms with Gasteiger partial charge in [0.25, 0.3) is 0 Å². The van der Waals surface area contributed by atoms with Crippen LogP contribution in [0.2, 0.25) is 0 Å². The van der Waals surface area contributed by atoms with E-state index < -0.39 is 26.3 Å². The lowest BCUT2D eigenvalue weighted by Crippen LogP contribution is -2.32. The van der Waals surface area contributed by atoms with Crippen molar-refractivity contribution < 1.29 is 23.2 Å². The van der Waals surface area contributed by atoms with Gasteiger partial charge in [0.05, 0.1) is 12.9 Å². The van der Waals surface area contributed by atoms with E-state index >= 15 is 0 Å². The van der Waals surface area contributed by atoms with Gasteiger partial charge in [-0.25, -0.2) is 19.5 Å². The SMILES string of the molecule is O=P1(O)OCC2OC(n3cnc4c(Nc5ccccc5)ncnc43)CC2O1. The monoisotopic (exact) mass is 389 g/mol. The molecule has 4 atom stereocenters. The molecule has 0 bridgehead atoms. The highest BCUT2D eigenvalue weighted by Gasteiger charge is 2.46. The Labute approximate surface area is 153 Å². The van der Waals surface area contributed by atoms with Gasteiger partial charge in [-0.05, 0) is 12.1 Å². The van der Waals surface area contributed by atoms with Crippen LogP contribution in [0.3, 0.4) is 0 Å². The predicted molar refractivity (Wildman–Crippen MR) is 94.2 cm³/mol. The van der Waals surface area contributed by atoms with Crippen LogP contribution < -0.4 is 5.32 Å². The summed E-state index contributed by atoms with van der Waals surface area (Å²) < 4.78 is 29.3. The number of aromatic nitrogens is 4. The molecule has 140 valence electrons. The van der Waals surface area contributed by atoms with Gasteiger partial charge in [-0.15, -0.1) is 0 Å². The third-order valence-electron chi connectivity index (χ3n) is 4.56. The fourth-order valence-electron chi connectivity index (χ4n) is 3.31. The number of rotatable bonds is 3. The maximum absolute atomic E-state index is 11.6. The van der Waals surface area contributed by atoms with Gasteiger partial charge in [0.15, 0.2) is 17.0 Å². The number of anilines is 2. The summed E-state index contributed by atoms with van der Waals surface area (Å²) in [6.07, 6.45) is 2.12. The number of ether oxygens (including phenoxy) is 1. The quantitative estimate of drug-likeness (QED) is 0.650. The summed E-state index contributed by atoms with van der Waals surface area (Å²) in [5, 5.41) is 3.23. The molecule has 2 fully saturated rings. The van der Waals surface area contributed by atoms with Crippen molar-refractivity contribution in [2.24, 2.45) is 0 Å². The number of nitrogens with zero attached hydrogens (tertiary/aromatic N) is 4. The lowest BCUT2D eigenvalue weighted by molar-refractivity contribution is -0.0662. The molecule has 0 saturated carbocycles. The third-order valence-corrected chi connectivity index (χ3v) is 5.57. The van der Waals surface area contributed by atoms with Crippen LogP contribution in [0.1, 0.15) is 12.6 Å². The van der Waals surface area contributed by atoms with Gasteiger partial charge in [-0.2, -0.15) is 0 Å². The minimum Gasteiger partial charge on any atom is -0.349 e. The first-order valence-corrected chi connectivity index (χ1v) is 9.89. The minimum atomic E-state index is -4.00. The normalized spacial score (nSPS) is 30.3. The van der Waals surface area contributed by atoms with Crippen molar-refractivity contribution in [3.63, 3.8) is 0 Å². The molecule has 27 heavy (non-hydrogen) atoms. The average Bonchev–Trinajstić information content (AvgIpc) is 3.25. The number of benzene rings is 1. The molecule has 2 aliphatic heterocycles. The molecule has 4 unspecified atom stereocenters. The number of hydrogen-bond donors (Lipinski definition) is 2. The first-order chi connectivity index (χ1) is 13.1. The minimum absolute atomic E-state index is 0.0113. The number of fused-ring (bicyclic) bond motifs is 2. The second-order valence-electron chi connectivity index (χ2n) is 6.31. The molecule has 0 aliphatic carbocycles. The van der Waals surface area contributed by atoms with E-state index in [2.05, 4.69) is 20.3 Å². The van der Waals surface area contributed by atoms with Gasteiger partial charge in [0.1, 0.15) is 24.8 Å². The number of phosphoric acid groups is 1. The Balaban J connectivity index is 1.44. The molecule has 2 N–H and O–H groups in total. The summed E-state index contributed by atoms with van der Waals surface area (Å²) in [6, 6.07) is 9.65. The summed E-state index contributed by atoms with van der Waals surface area (Å²) in [7, 11) is -4.00. The van der Waals surface area contributed by atoms with E-state index in [1.807, 2.05) is 30.3 Å². The van der Waals surface area contributed by atoms with Crippen molar-refractivity contribution in [1.82, 2.24) is 19.5 Å². The van der Waals surface area contributed by atoms with Crippen LogP contribution in [-0.2, 0) is 18.3 Å². The standard InChI is InChI=1S/C16H16N5O5P/c22-27(23)24-7-12-11(26-27)6-13(25-12)21-9-19-14-15(17-8-18-16(14)21)20-10-4-2-1-3-5-10/h1-5,8-9,11-13H,6-7H2,(H,22,23)(H,17,18,20). The van der Waals surface area contributed by atoms with Crippen molar-refractivity contribution in [3.05, 3.63) is 43.0 Å². The summed E-state index contributed by atoms with van der Waals surface area (Å²) in [6.45, 7) is 0.0113. The van der Waals surface area contributed by atoms with Gasteiger partial charge < -0.3 is 14.9 Å². The number of nitrogens with one attached hydrogen (secondary N) is 1. The Morgan fingerprint density at radius 1 is 1.19 bits per heavy atom. The first kappa shape index (κ1) is 16.8. The second kappa shape index (κ2) is 6.36. The van der Waals surface area contributed by atoms with Crippen LogP contribution in [0.5, 0.6) is 0 Å². The molecule has 0 spiro atoms. The Hall–Kier alpha value is -2.36. The van der Waals surface area contributed by atoms with E-state index in [9.17, 15) is 9.46 Å². The topological polar surface area (TPSA) is 121 Å². The zero-order valence-corrected chi connectivity index (χ0v) is 14.9. The smallest absolute Gasteiger partial charge is 0.349 e. The maximum atomic E-state index is 11.6. The molecule has 0 radical (unpaired) electrons. The highest BCUT2D eigenvalue weighted by molar-refractivity contribution is 7.47. The zero-order chi connectivity index (χ0) is 18.4. The Kier molecular flexibility index (Phi) is 3.96. The summed E-state index contributed by atoms with van der Waals surface area (Å²) >= 11 is 0. The van der Waals surface area contributed by atoms with Crippen molar-refractivity contribution >= 4 is 30.5 Å². The molecule has 3 aromatic rings. The predicted octanol–water partition coefficient (Wildman–Crippen LogP) is 2.37. The van der Waals surface area contributed by atoms with Crippen LogP contribution >= 0.6 is 7.82 Å². The van der Waals surface area contributed by atoms with Crippen LogP contribution in [-0.4, -0.2) is 43.2 Å². The van der Waals surface area contributed by atoms with Crippen LogP contribution in [0.4, 0.5) is 11.5 Å². The lowest BCUT2D eigenvalue weighted by atomic mass is 10.2. The zero-order valence-electron chi connectivity index (χ0n) is 14.0. The van der Waals surface area contributed by atoms with Crippen LogP contribution in [0, 0.1) is 0 Å². The van der Waals surface area contributed by atoms with Gasteiger partial charge in [-0.3, -0.25) is 13.6 Å². The van der Waals surface area contributed by atoms with E-state index in [-0.39, 0.29) is 6.61 Å². The number of para-hydroxylation sites is 1. The average molecular weight is 389 g/mol. The molecule has 1 aromatic carbocycles. The van der Waals surface area contributed by atoms with E-state index in [0.29, 0.717) is 23.4 Å². The number of imidazole rings is 1. The van der Waals surface area contributed by atoms with E-state index in [4.69, 9.17) is 13.8 Å². The van der Waals surface area contributed by atoms with Gasteiger partial charge in [-0.1, -0.05) is 18.2 Å². The largest absolute Gasteiger partial charge is 0.472 e. The van der Waals surface area contributed by atoms with Gasteiger partial charge >= 0.3 is 7.82 Å². The molecule has 2 aliphatic rings. The third kappa shape index (κ3) is 3.11. The van der Waals surface area contributed by atoms with E-state index in [1.165, 1.54) is 6.33 Å². The molecular formula is C16H16N5O5P. The van der Waals surface area contributed by atoms with Crippen molar-refractivity contribution in [1.29, 1.82) is 0 Å². The second-order valence-corrected chi connectivity index (χ2v) is 7.72. The van der Waals surface area contributed by atoms with Crippen LogP contribution in [0.25, 0.3) is 11.2 Å². The molecule has 4 heterocycles. The number of phosphoric ester groups is 1. The maximum Gasteiger partial charge on any atom is 0.472 e. The summed E-state index contributed by atoms with van der Waals surface area (Å²) in [4.78, 5) is 22.5. The molecule has 11 heteroatoms. The molecule has 5 rings (SSSR count). The molecule has 2 saturated heterocycles. The van der Waals surface area contributed by atoms with Crippen LogP contribution in [0.15, 0.2) is 43.0 Å². The fraction of sp³-hybridized carbons (Fsp3) is 0.312. The summed E-state index contributed by atoms with van der Waals surface area (Å²) in [5.41, 5.74) is 2.09. The highest BCUT2D eigenvalue weighted by Crippen LogP contribution is 2.52. The first-order valence-electron chi connectivity index (χ1n) is 8.40. The van der Waals surface area contributed by atoms with Gasteiger partial charge in [0, 0.05) is 12.1 Å². The molecule has 10 nitrogen and oxygen atoms in total. The fourth-order valence-corrected chi connectivity index (χ4v) is 4.27. The van der Waals surface area contributed by atoms with Crippen molar-refractivity contribution in [2.75, 3.05) is 11.9 Å². The molecule has 2 aromatic heterocycles. The van der Waals surface area contributed by atoms with Gasteiger partial charge in [0.2, 0.25) is 0 Å². The number of hydrogen-bond acceptors (Lipinski definition) is 8.